The maximum Gasteiger partial charge on any atom is 0.0594 e. The van der Waals surface area contributed by atoms with Gasteiger partial charge in [0.05, 0.1) is 12.7 Å². The lowest BCUT2D eigenvalue weighted by atomic mass is 10.2. The lowest BCUT2D eigenvalue weighted by Crippen LogP contribution is -2.21. The zero-order valence-corrected chi connectivity index (χ0v) is 11.1. The van der Waals surface area contributed by atoms with Crippen molar-refractivity contribution < 1.29 is 4.74 Å². The van der Waals surface area contributed by atoms with Gasteiger partial charge in [-0.1, -0.05) is 23.2 Å². The molecule has 0 aromatic heterocycles. The normalized spacial score (nSPS) is 11.1. The molecule has 0 aliphatic rings. The lowest BCUT2D eigenvalue weighted by molar-refractivity contribution is 0.0807. The Morgan fingerprint density at radius 2 is 2.06 bits per heavy atom. The van der Waals surface area contributed by atoms with Crippen LogP contribution in [-0.2, 0) is 11.3 Å². The van der Waals surface area contributed by atoms with Gasteiger partial charge in [-0.25, -0.2) is 0 Å². The van der Waals surface area contributed by atoms with Crippen LogP contribution in [0.5, 0.6) is 0 Å². The third-order valence-electron chi connectivity index (χ3n) is 2.05. The number of nitrogens with one attached hydrogen (secondary N) is 1. The summed E-state index contributed by atoms with van der Waals surface area (Å²) >= 11 is 11.9. The fraction of sp³-hybridized carbons (Fsp3) is 0.500. The van der Waals surface area contributed by atoms with Gasteiger partial charge >= 0.3 is 0 Å². The highest BCUT2D eigenvalue weighted by molar-refractivity contribution is 6.33. The monoisotopic (exact) mass is 261 g/mol. The molecule has 90 valence electrons. The minimum absolute atomic E-state index is 0.275. The largest absolute Gasteiger partial charge is 0.377 e. The van der Waals surface area contributed by atoms with Gasteiger partial charge < -0.3 is 10.1 Å². The first-order valence-corrected chi connectivity index (χ1v) is 6.11. The van der Waals surface area contributed by atoms with Crippen LogP contribution in [0.15, 0.2) is 18.2 Å². The molecule has 0 spiro atoms. The maximum atomic E-state index is 6.03. The third-order valence-corrected chi connectivity index (χ3v) is 2.66. The van der Waals surface area contributed by atoms with Crippen LogP contribution in [0.3, 0.4) is 0 Å². The molecule has 1 rings (SSSR count). The molecule has 0 saturated carbocycles. The van der Waals surface area contributed by atoms with E-state index in [1.165, 1.54) is 0 Å². The Kier molecular flexibility index (Phi) is 6.14. The molecule has 0 saturated heterocycles. The van der Waals surface area contributed by atoms with Crippen LogP contribution in [0.4, 0.5) is 0 Å². The fourth-order valence-corrected chi connectivity index (χ4v) is 1.65. The van der Waals surface area contributed by atoms with Gasteiger partial charge in [0.25, 0.3) is 0 Å². The average molecular weight is 262 g/mol. The molecule has 0 radical (unpaired) electrons. The quantitative estimate of drug-likeness (QED) is 0.792. The summed E-state index contributed by atoms with van der Waals surface area (Å²) < 4.78 is 5.41. The first-order valence-electron chi connectivity index (χ1n) is 5.36. The van der Waals surface area contributed by atoms with Crippen molar-refractivity contribution in [3.63, 3.8) is 0 Å². The van der Waals surface area contributed by atoms with Crippen molar-refractivity contribution in [1.29, 1.82) is 0 Å². The third kappa shape index (κ3) is 5.17. The average Bonchev–Trinajstić information content (AvgIpc) is 2.22. The van der Waals surface area contributed by atoms with Gasteiger partial charge in [-0.2, -0.15) is 0 Å². The lowest BCUT2D eigenvalue weighted by Gasteiger charge is -2.09. The summed E-state index contributed by atoms with van der Waals surface area (Å²) in [6, 6.07) is 5.47. The van der Waals surface area contributed by atoms with Gasteiger partial charge in [-0.15, -0.1) is 0 Å². The molecule has 0 aliphatic carbocycles. The van der Waals surface area contributed by atoms with Crippen LogP contribution >= 0.6 is 23.2 Å². The van der Waals surface area contributed by atoms with Gasteiger partial charge in [-0.3, -0.25) is 0 Å². The standard InChI is InChI=1S/C12H17Cl2NO/c1-9(2)16-6-5-15-8-10-7-11(13)3-4-12(10)14/h3-4,7,9,15H,5-6,8H2,1-2H3. The molecule has 2 nitrogen and oxygen atoms in total. The Labute approximate surface area is 107 Å². The van der Waals surface area contributed by atoms with Gasteiger partial charge in [0.1, 0.15) is 0 Å². The molecule has 4 heteroatoms. The Morgan fingerprint density at radius 1 is 1.31 bits per heavy atom. The predicted molar refractivity (Wildman–Crippen MR) is 69.3 cm³/mol. The molecule has 0 amide bonds. The van der Waals surface area contributed by atoms with E-state index in [-0.39, 0.29) is 6.10 Å². The Hall–Kier alpha value is -0.280. The molecule has 0 fully saturated rings. The molecule has 0 aliphatic heterocycles. The molecule has 1 aromatic rings. The zero-order valence-electron chi connectivity index (χ0n) is 9.59. The van der Waals surface area contributed by atoms with Gasteiger partial charge in [0.15, 0.2) is 0 Å². The topological polar surface area (TPSA) is 21.3 Å². The number of benzene rings is 1. The highest BCUT2D eigenvalue weighted by Crippen LogP contribution is 2.20. The maximum absolute atomic E-state index is 6.03. The van der Waals surface area contributed by atoms with E-state index < -0.39 is 0 Å². The minimum atomic E-state index is 0.275. The van der Waals surface area contributed by atoms with Crippen LogP contribution in [-0.4, -0.2) is 19.3 Å². The van der Waals surface area contributed by atoms with Crippen LogP contribution in [0.1, 0.15) is 19.4 Å². The number of ether oxygens (including phenoxy) is 1. The molecule has 0 atom stereocenters. The van der Waals surface area contributed by atoms with Crippen molar-refractivity contribution in [1.82, 2.24) is 5.32 Å². The van der Waals surface area contributed by atoms with E-state index >= 15 is 0 Å². The van der Waals surface area contributed by atoms with E-state index in [0.29, 0.717) is 18.2 Å². The number of hydrogen-bond donors (Lipinski definition) is 1. The van der Waals surface area contributed by atoms with Crippen molar-refractivity contribution in [2.45, 2.75) is 26.5 Å². The summed E-state index contributed by atoms with van der Waals surface area (Å²) in [4.78, 5) is 0. The predicted octanol–water partition coefficient (Wildman–Crippen LogP) is 3.51. The summed E-state index contributed by atoms with van der Waals surface area (Å²) in [6.07, 6.45) is 0.275. The summed E-state index contributed by atoms with van der Waals surface area (Å²) in [5.74, 6) is 0. The van der Waals surface area contributed by atoms with Crippen molar-refractivity contribution >= 4 is 23.2 Å². The second kappa shape index (κ2) is 7.13. The van der Waals surface area contributed by atoms with E-state index in [1.807, 2.05) is 26.0 Å². The van der Waals surface area contributed by atoms with E-state index in [9.17, 15) is 0 Å². The van der Waals surface area contributed by atoms with Gasteiger partial charge in [-0.05, 0) is 37.6 Å². The van der Waals surface area contributed by atoms with E-state index in [0.717, 1.165) is 17.1 Å². The van der Waals surface area contributed by atoms with Gasteiger partial charge in [0, 0.05) is 23.1 Å². The summed E-state index contributed by atoms with van der Waals surface area (Å²) in [5.41, 5.74) is 1.01. The zero-order chi connectivity index (χ0) is 12.0. The van der Waals surface area contributed by atoms with Gasteiger partial charge in [0.2, 0.25) is 0 Å². The van der Waals surface area contributed by atoms with E-state index in [4.69, 9.17) is 27.9 Å². The first-order chi connectivity index (χ1) is 7.59. The molecule has 1 N–H and O–H groups in total. The fourth-order valence-electron chi connectivity index (χ4n) is 1.27. The van der Waals surface area contributed by atoms with Crippen LogP contribution in [0, 0.1) is 0 Å². The smallest absolute Gasteiger partial charge is 0.0594 e. The highest BCUT2D eigenvalue weighted by atomic mass is 35.5. The minimum Gasteiger partial charge on any atom is -0.377 e. The summed E-state index contributed by atoms with van der Waals surface area (Å²) in [5, 5.41) is 4.70. The Morgan fingerprint density at radius 3 is 2.75 bits per heavy atom. The SMILES string of the molecule is CC(C)OCCNCc1cc(Cl)ccc1Cl. The second-order valence-electron chi connectivity index (χ2n) is 3.83. The van der Waals surface area contributed by atoms with E-state index in [1.54, 1.807) is 6.07 Å². The summed E-state index contributed by atoms with van der Waals surface area (Å²) in [6.45, 7) is 6.26. The molecule has 1 aromatic carbocycles. The first kappa shape index (κ1) is 13.8. The summed E-state index contributed by atoms with van der Waals surface area (Å²) in [7, 11) is 0. The second-order valence-corrected chi connectivity index (χ2v) is 4.68. The molecule has 0 bridgehead atoms. The Bertz CT molecular complexity index is 329. The van der Waals surface area contributed by atoms with Crippen molar-refractivity contribution in [3.8, 4) is 0 Å². The molecule has 0 heterocycles. The molecule has 0 unspecified atom stereocenters. The highest BCUT2D eigenvalue weighted by Gasteiger charge is 2.00. The van der Waals surface area contributed by atoms with Crippen LogP contribution in [0.2, 0.25) is 10.0 Å². The molecular formula is C12H17Cl2NO. The van der Waals surface area contributed by atoms with E-state index in [2.05, 4.69) is 5.32 Å². The van der Waals surface area contributed by atoms with Crippen molar-refractivity contribution in [2.24, 2.45) is 0 Å². The van der Waals surface area contributed by atoms with Crippen molar-refractivity contribution in [3.05, 3.63) is 33.8 Å². The molecule has 16 heavy (non-hydrogen) atoms. The number of rotatable bonds is 6. The molecular weight excluding hydrogens is 245 g/mol. The Balaban J connectivity index is 2.29. The van der Waals surface area contributed by atoms with Crippen LogP contribution < -0.4 is 5.32 Å². The number of halogens is 2. The van der Waals surface area contributed by atoms with Crippen molar-refractivity contribution in [2.75, 3.05) is 13.2 Å². The van der Waals surface area contributed by atoms with Crippen LogP contribution in [0.25, 0.3) is 0 Å². The number of hydrogen-bond acceptors (Lipinski definition) is 2.